The fraction of sp³-hybridized carbons (Fsp3) is 0.100. The van der Waals surface area contributed by atoms with E-state index in [4.69, 9.17) is 4.98 Å². The molecule has 0 aliphatic rings. The van der Waals surface area contributed by atoms with E-state index < -0.39 is 0 Å². The number of nitrogens with zero attached hydrogens (tertiary/aromatic N) is 3. The second kappa shape index (κ2) is 8.72. The van der Waals surface area contributed by atoms with E-state index >= 15 is 0 Å². The molecule has 0 saturated carbocycles. The summed E-state index contributed by atoms with van der Waals surface area (Å²) in [6, 6.07) is 31.4. The van der Waals surface area contributed by atoms with Gasteiger partial charge in [0.1, 0.15) is 0 Å². The van der Waals surface area contributed by atoms with E-state index in [1.807, 2.05) is 18.5 Å². The van der Waals surface area contributed by atoms with Crippen LogP contribution in [0.2, 0.25) is 0 Å². The molecule has 0 bridgehead atoms. The largest absolute Gasteiger partial charge is 0.340 e. The predicted molar refractivity (Wildman–Crippen MR) is 136 cm³/mol. The third-order valence-electron chi connectivity index (χ3n) is 6.38. The third kappa shape index (κ3) is 3.51. The Labute approximate surface area is 213 Å². The van der Waals surface area contributed by atoms with Crippen molar-refractivity contribution in [2.24, 2.45) is 0 Å². The quantitative estimate of drug-likeness (QED) is 0.190. The molecule has 0 saturated heterocycles. The van der Waals surface area contributed by atoms with Gasteiger partial charge in [-0.25, -0.2) is 0 Å². The molecular weight excluding hydrogens is 595 g/mol. The van der Waals surface area contributed by atoms with Crippen LogP contribution < -0.4 is 0 Å². The zero-order chi connectivity index (χ0) is 22.5. The number of para-hydroxylation sites is 2. The Kier molecular flexibility index (Phi) is 5.73. The maximum atomic E-state index is 4.74. The number of aromatic nitrogens is 3. The van der Waals surface area contributed by atoms with Crippen LogP contribution >= 0.6 is 0 Å². The first-order chi connectivity index (χ1) is 16.1. The Hall–Kier alpha value is -3.46. The molecule has 2 aromatic heterocycles. The minimum atomic E-state index is 0. The number of hydrogen-bond acceptors (Lipinski definition) is 1. The summed E-state index contributed by atoms with van der Waals surface area (Å²) in [5, 5.41) is 2.52. The molecule has 0 amide bonds. The van der Waals surface area contributed by atoms with Crippen molar-refractivity contribution in [1.82, 2.24) is 14.1 Å². The molecule has 0 aliphatic carbocycles. The molecule has 0 unspecified atom stereocenters. The minimum absolute atomic E-state index is 0. The number of rotatable bonds is 3. The maximum absolute atomic E-state index is 4.74. The van der Waals surface area contributed by atoms with Gasteiger partial charge in [-0.3, -0.25) is 4.98 Å². The van der Waals surface area contributed by atoms with Crippen molar-refractivity contribution in [1.29, 1.82) is 0 Å². The van der Waals surface area contributed by atoms with E-state index in [2.05, 4.69) is 109 Å². The molecule has 2 heterocycles. The fourth-order valence-corrected chi connectivity index (χ4v) is 5.16. The summed E-state index contributed by atoms with van der Waals surface area (Å²) in [4.78, 5) is 4.74. The smallest absolute Gasteiger partial charge is 0.0603 e. The number of aryl methyl sites for hydroxylation is 3. The summed E-state index contributed by atoms with van der Waals surface area (Å²) in [6.07, 6.45) is 3.91. The van der Waals surface area contributed by atoms with Gasteiger partial charge in [0.25, 0.3) is 0 Å². The van der Waals surface area contributed by atoms with Crippen molar-refractivity contribution in [3.05, 3.63) is 114 Å². The van der Waals surface area contributed by atoms with Gasteiger partial charge >= 0.3 is 0 Å². The van der Waals surface area contributed by atoms with Crippen LogP contribution in [0.15, 0.2) is 91.3 Å². The summed E-state index contributed by atoms with van der Waals surface area (Å²) in [6.45, 7) is 6.47. The summed E-state index contributed by atoms with van der Waals surface area (Å²) < 4.78 is 4.52. The summed E-state index contributed by atoms with van der Waals surface area (Å²) in [5.41, 5.74) is 9.41. The van der Waals surface area contributed by atoms with E-state index in [1.54, 1.807) is 0 Å². The van der Waals surface area contributed by atoms with Gasteiger partial charge in [-0.2, -0.15) is 0 Å². The number of hydrogen-bond donors (Lipinski definition) is 0. The fourth-order valence-electron chi connectivity index (χ4n) is 5.16. The molecule has 1 radical (unpaired) electrons. The van der Waals surface area contributed by atoms with Gasteiger partial charge in [-0.1, -0.05) is 54.1 Å². The van der Waals surface area contributed by atoms with E-state index in [-0.39, 0.29) is 20.1 Å². The van der Waals surface area contributed by atoms with E-state index in [9.17, 15) is 0 Å². The molecule has 4 aromatic carbocycles. The van der Waals surface area contributed by atoms with Crippen LogP contribution in [0.4, 0.5) is 0 Å². The monoisotopic (exact) mass is 619 g/mol. The van der Waals surface area contributed by atoms with Gasteiger partial charge < -0.3 is 9.13 Å². The molecule has 0 N–H and O–H groups in total. The van der Waals surface area contributed by atoms with Gasteiger partial charge in [0.05, 0.1) is 16.9 Å². The topological polar surface area (TPSA) is 22.8 Å². The molecule has 0 atom stereocenters. The van der Waals surface area contributed by atoms with Crippen LogP contribution in [0.25, 0.3) is 44.6 Å². The van der Waals surface area contributed by atoms with E-state index in [1.165, 1.54) is 44.2 Å². The van der Waals surface area contributed by atoms with Crippen LogP contribution in [0.5, 0.6) is 0 Å². The molecule has 3 nitrogen and oxygen atoms in total. The third-order valence-corrected chi connectivity index (χ3v) is 6.38. The van der Waals surface area contributed by atoms with Crippen molar-refractivity contribution < 1.29 is 20.1 Å². The Morgan fingerprint density at radius 2 is 1.38 bits per heavy atom. The van der Waals surface area contributed by atoms with E-state index in [0.29, 0.717) is 0 Å². The normalized spacial score (nSPS) is 11.1. The van der Waals surface area contributed by atoms with E-state index in [0.717, 1.165) is 17.1 Å². The van der Waals surface area contributed by atoms with Crippen molar-refractivity contribution in [3.63, 3.8) is 0 Å². The van der Waals surface area contributed by atoms with Gasteiger partial charge in [-0.05, 0) is 49.7 Å². The predicted octanol–water partition coefficient (Wildman–Crippen LogP) is 7.36. The van der Waals surface area contributed by atoms with Gasteiger partial charge in [0.15, 0.2) is 0 Å². The zero-order valence-electron chi connectivity index (χ0n) is 19.3. The SMILES string of the molecule is Cc1cc(C)c(-n2ccnc2-c2[c-]ccc(-n3c4ccccc4c4ccccc43)c2)c(C)c1.[Ir]. The standard InChI is InChI=1S/C30H24N3.Ir/c1-20-17-21(2)29(22(3)18-20)32-16-15-31-30(32)23-9-8-10-24(19-23)33-27-13-6-4-11-25(27)26-12-5-7-14-28(26)33;/h4-8,10-19H,1-3H3;/q-1;. The van der Waals surface area contributed by atoms with Gasteiger partial charge in [0.2, 0.25) is 0 Å². The molecule has 0 fully saturated rings. The zero-order valence-corrected chi connectivity index (χ0v) is 21.7. The molecule has 6 aromatic rings. The van der Waals surface area contributed by atoms with Crippen molar-refractivity contribution in [2.75, 3.05) is 0 Å². The van der Waals surface area contributed by atoms with Gasteiger partial charge in [-0.15, -0.1) is 29.8 Å². The molecule has 0 aliphatic heterocycles. The van der Waals surface area contributed by atoms with Crippen molar-refractivity contribution in [2.45, 2.75) is 20.8 Å². The molecule has 6 rings (SSSR count). The Bertz CT molecular complexity index is 1580. The number of imidazole rings is 1. The summed E-state index contributed by atoms with van der Waals surface area (Å²) >= 11 is 0. The summed E-state index contributed by atoms with van der Waals surface area (Å²) in [7, 11) is 0. The maximum Gasteiger partial charge on any atom is 0.0603 e. The Balaban J connectivity index is 0.00000241. The number of fused-ring (bicyclic) bond motifs is 3. The average Bonchev–Trinajstić information content (AvgIpc) is 3.42. The molecule has 0 spiro atoms. The number of benzene rings is 4. The molecule has 34 heavy (non-hydrogen) atoms. The molecule has 169 valence electrons. The Morgan fingerprint density at radius 1 is 0.765 bits per heavy atom. The van der Waals surface area contributed by atoms with Crippen LogP contribution in [0, 0.1) is 26.8 Å². The van der Waals surface area contributed by atoms with Crippen LogP contribution in [0.1, 0.15) is 16.7 Å². The van der Waals surface area contributed by atoms with Gasteiger partial charge in [0, 0.05) is 49.0 Å². The molecular formula is C30H24IrN3-. The first-order valence-corrected chi connectivity index (χ1v) is 11.2. The second-order valence-electron chi connectivity index (χ2n) is 8.70. The first-order valence-electron chi connectivity index (χ1n) is 11.2. The molecule has 4 heteroatoms. The summed E-state index contributed by atoms with van der Waals surface area (Å²) in [5.74, 6) is 0.896. The average molecular weight is 619 g/mol. The minimum Gasteiger partial charge on any atom is -0.340 e. The van der Waals surface area contributed by atoms with Crippen molar-refractivity contribution in [3.8, 4) is 22.8 Å². The van der Waals surface area contributed by atoms with Crippen LogP contribution in [-0.2, 0) is 20.1 Å². The first kappa shape index (κ1) is 22.3. The van der Waals surface area contributed by atoms with Crippen LogP contribution in [-0.4, -0.2) is 14.1 Å². The Morgan fingerprint density at radius 3 is 2.03 bits per heavy atom. The van der Waals surface area contributed by atoms with Crippen molar-refractivity contribution >= 4 is 21.8 Å². The van der Waals surface area contributed by atoms with Crippen LogP contribution in [0.3, 0.4) is 0 Å². The second-order valence-corrected chi connectivity index (χ2v) is 8.70.